The molecule has 1 amide bonds. The van der Waals surface area contributed by atoms with Crippen LogP contribution >= 0.6 is 15.9 Å². The number of halogens is 1. The van der Waals surface area contributed by atoms with Gasteiger partial charge in [0.15, 0.2) is 0 Å². The molecule has 0 atom stereocenters. The van der Waals surface area contributed by atoms with Crippen LogP contribution in [0.3, 0.4) is 0 Å². The second-order valence-corrected chi connectivity index (χ2v) is 4.36. The lowest BCUT2D eigenvalue weighted by atomic mass is 10.2. The summed E-state index contributed by atoms with van der Waals surface area (Å²) < 4.78 is 2.38. The van der Waals surface area contributed by atoms with Gasteiger partial charge in [-0.05, 0) is 24.3 Å². The topological polar surface area (TPSA) is 81.1 Å². The van der Waals surface area contributed by atoms with E-state index in [1.807, 2.05) is 6.07 Å². The highest BCUT2D eigenvalue weighted by atomic mass is 79.9. The Kier molecular flexibility index (Phi) is 3.26. The SMILES string of the molecule is NC(=O)c1ccn(-c2ccc(Br)cc2CO)n1. The van der Waals surface area contributed by atoms with Crippen molar-refractivity contribution in [1.82, 2.24) is 9.78 Å². The Morgan fingerprint density at radius 3 is 2.82 bits per heavy atom. The van der Waals surface area contributed by atoms with Crippen molar-refractivity contribution >= 4 is 21.8 Å². The van der Waals surface area contributed by atoms with Gasteiger partial charge in [-0.25, -0.2) is 4.68 Å². The molecule has 3 N–H and O–H groups in total. The molecule has 0 spiro atoms. The molecule has 17 heavy (non-hydrogen) atoms. The molecule has 0 bridgehead atoms. The van der Waals surface area contributed by atoms with E-state index in [2.05, 4.69) is 21.0 Å². The fourth-order valence-corrected chi connectivity index (χ4v) is 1.90. The standard InChI is InChI=1S/C11H10BrN3O2/c12-8-1-2-10(7(5-8)6-16)15-4-3-9(14-15)11(13)17/h1-5,16H,6H2,(H2,13,17). The lowest BCUT2D eigenvalue weighted by molar-refractivity contribution is 0.0995. The van der Waals surface area contributed by atoms with Gasteiger partial charge in [0, 0.05) is 16.2 Å². The number of carbonyl (C=O) groups is 1. The third kappa shape index (κ3) is 2.37. The van der Waals surface area contributed by atoms with Gasteiger partial charge in [0.2, 0.25) is 0 Å². The number of benzene rings is 1. The molecule has 0 saturated heterocycles. The minimum atomic E-state index is -0.577. The summed E-state index contributed by atoms with van der Waals surface area (Å²) in [5, 5.41) is 13.3. The zero-order valence-corrected chi connectivity index (χ0v) is 10.4. The molecule has 88 valence electrons. The van der Waals surface area contributed by atoms with Crippen LogP contribution in [0.1, 0.15) is 16.1 Å². The third-order valence-corrected chi connectivity index (χ3v) is 2.79. The van der Waals surface area contributed by atoms with Gasteiger partial charge < -0.3 is 10.8 Å². The molecule has 0 aliphatic carbocycles. The van der Waals surface area contributed by atoms with Crippen molar-refractivity contribution in [2.45, 2.75) is 6.61 Å². The molecule has 0 aliphatic rings. The number of amides is 1. The number of rotatable bonds is 3. The Morgan fingerprint density at radius 2 is 2.24 bits per heavy atom. The maximum absolute atomic E-state index is 10.9. The Hall–Kier alpha value is -1.66. The maximum atomic E-state index is 10.9. The summed E-state index contributed by atoms with van der Waals surface area (Å²) in [5.41, 5.74) is 6.74. The molecule has 2 aromatic rings. The van der Waals surface area contributed by atoms with E-state index < -0.39 is 5.91 Å². The number of nitrogens with zero attached hydrogens (tertiary/aromatic N) is 2. The first kappa shape index (κ1) is 11.8. The zero-order valence-electron chi connectivity index (χ0n) is 8.80. The molecule has 0 radical (unpaired) electrons. The van der Waals surface area contributed by atoms with Crippen LogP contribution in [0.5, 0.6) is 0 Å². The molecular weight excluding hydrogens is 286 g/mol. The van der Waals surface area contributed by atoms with E-state index in [1.54, 1.807) is 18.3 Å². The predicted octanol–water partition coefficient (Wildman–Crippen LogP) is 1.23. The Bertz CT molecular complexity index is 566. The van der Waals surface area contributed by atoms with Crippen molar-refractivity contribution in [2.24, 2.45) is 5.73 Å². The van der Waals surface area contributed by atoms with Crippen molar-refractivity contribution in [1.29, 1.82) is 0 Å². The van der Waals surface area contributed by atoms with Gasteiger partial charge >= 0.3 is 0 Å². The molecule has 1 aromatic carbocycles. The van der Waals surface area contributed by atoms with Crippen LogP contribution in [0.25, 0.3) is 5.69 Å². The zero-order chi connectivity index (χ0) is 12.4. The summed E-state index contributed by atoms with van der Waals surface area (Å²) >= 11 is 3.32. The molecule has 0 saturated carbocycles. The average Bonchev–Trinajstić information content (AvgIpc) is 2.78. The normalized spacial score (nSPS) is 10.5. The number of aliphatic hydroxyl groups is 1. The first-order valence-electron chi connectivity index (χ1n) is 4.87. The van der Waals surface area contributed by atoms with Gasteiger partial charge in [-0.3, -0.25) is 4.79 Å². The number of primary amides is 1. The van der Waals surface area contributed by atoms with Gasteiger partial charge in [-0.1, -0.05) is 15.9 Å². The van der Waals surface area contributed by atoms with Gasteiger partial charge in [0.05, 0.1) is 12.3 Å². The van der Waals surface area contributed by atoms with E-state index in [9.17, 15) is 9.90 Å². The average molecular weight is 296 g/mol. The quantitative estimate of drug-likeness (QED) is 0.893. The monoisotopic (exact) mass is 295 g/mol. The first-order chi connectivity index (χ1) is 8.11. The van der Waals surface area contributed by atoms with Crippen LogP contribution in [0.2, 0.25) is 0 Å². The van der Waals surface area contributed by atoms with E-state index in [0.29, 0.717) is 11.3 Å². The number of aliphatic hydroxyl groups excluding tert-OH is 1. The van der Waals surface area contributed by atoms with E-state index in [4.69, 9.17) is 5.73 Å². The van der Waals surface area contributed by atoms with Gasteiger partial charge in [-0.15, -0.1) is 0 Å². The molecule has 0 unspecified atom stereocenters. The van der Waals surface area contributed by atoms with Crippen molar-refractivity contribution in [3.05, 3.63) is 46.2 Å². The maximum Gasteiger partial charge on any atom is 0.269 e. The Labute approximate surface area is 106 Å². The smallest absolute Gasteiger partial charge is 0.269 e. The van der Waals surface area contributed by atoms with Crippen LogP contribution in [-0.2, 0) is 6.61 Å². The largest absolute Gasteiger partial charge is 0.392 e. The molecular formula is C11H10BrN3O2. The van der Waals surface area contributed by atoms with Gasteiger partial charge in [0.1, 0.15) is 5.69 Å². The lowest BCUT2D eigenvalue weighted by Crippen LogP contribution is -2.12. The van der Waals surface area contributed by atoms with Crippen LogP contribution in [0.4, 0.5) is 0 Å². The summed E-state index contributed by atoms with van der Waals surface area (Å²) in [5.74, 6) is -0.577. The van der Waals surface area contributed by atoms with Crippen LogP contribution < -0.4 is 5.73 Å². The molecule has 1 aromatic heterocycles. The van der Waals surface area contributed by atoms with Crippen molar-refractivity contribution in [2.75, 3.05) is 0 Å². The summed E-state index contributed by atoms with van der Waals surface area (Å²) in [6.07, 6.45) is 1.63. The van der Waals surface area contributed by atoms with E-state index in [1.165, 1.54) is 10.7 Å². The molecule has 5 nitrogen and oxygen atoms in total. The highest BCUT2D eigenvalue weighted by molar-refractivity contribution is 9.10. The highest BCUT2D eigenvalue weighted by Crippen LogP contribution is 2.20. The van der Waals surface area contributed by atoms with Crippen LogP contribution in [-0.4, -0.2) is 20.8 Å². The molecule has 1 heterocycles. The molecule has 0 aliphatic heterocycles. The minimum absolute atomic E-state index is 0.111. The number of aromatic nitrogens is 2. The fourth-order valence-electron chi connectivity index (χ4n) is 1.49. The van der Waals surface area contributed by atoms with Gasteiger partial charge in [-0.2, -0.15) is 5.10 Å². The van der Waals surface area contributed by atoms with E-state index in [-0.39, 0.29) is 12.3 Å². The Balaban J connectivity index is 2.48. The summed E-state index contributed by atoms with van der Waals surface area (Å²) in [7, 11) is 0. The molecule has 6 heteroatoms. The number of nitrogens with two attached hydrogens (primary N) is 1. The second kappa shape index (κ2) is 4.68. The van der Waals surface area contributed by atoms with Crippen molar-refractivity contribution < 1.29 is 9.90 Å². The number of carbonyl (C=O) groups excluding carboxylic acids is 1. The number of hydrogen-bond acceptors (Lipinski definition) is 3. The van der Waals surface area contributed by atoms with Gasteiger partial charge in [0.25, 0.3) is 5.91 Å². The van der Waals surface area contributed by atoms with Crippen LogP contribution in [0.15, 0.2) is 34.9 Å². The summed E-state index contributed by atoms with van der Waals surface area (Å²) in [6, 6.07) is 6.96. The fraction of sp³-hybridized carbons (Fsp3) is 0.0909. The predicted molar refractivity (Wildman–Crippen MR) is 65.7 cm³/mol. The number of hydrogen-bond donors (Lipinski definition) is 2. The van der Waals surface area contributed by atoms with Crippen LogP contribution in [0, 0.1) is 0 Å². The highest BCUT2D eigenvalue weighted by Gasteiger charge is 2.09. The van der Waals surface area contributed by atoms with E-state index >= 15 is 0 Å². The summed E-state index contributed by atoms with van der Waals surface area (Å²) in [6.45, 7) is -0.111. The van der Waals surface area contributed by atoms with Crippen molar-refractivity contribution in [3.8, 4) is 5.69 Å². The first-order valence-corrected chi connectivity index (χ1v) is 5.66. The molecule has 0 fully saturated rings. The van der Waals surface area contributed by atoms with E-state index in [0.717, 1.165) is 4.47 Å². The Morgan fingerprint density at radius 1 is 1.47 bits per heavy atom. The van der Waals surface area contributed by atoms with Crippen molar-refractivity contribution in [3.63, 3.8) is 0 Å². The third-order valence-electron chi connectivity index (χ3n) is 2.30. The summed E-state index contributed by atoms with van der Waals surface area (Å²) in [4.78, 5) is 10.9. The lowest BCUT2D eigenvalue weighted by Gasteiger charge is -2.07. The second-order valence-electron chi connectivity index (χ2n) is 3.44. The molecule has 2 rings (SSSR count). The minimum Gasteiger partial charge on any atom is -0.392 e.